The lowest BCUT2D eigenvalue weighted by molar-refractivity contribution is 0.669. The normalized spacial score (nSPS) is 12.1. The first-order valence-electron chi connectivity index (χ1n) is 21.5. The minimum absolute atomic E-state index is 0.593. The minimum atomic E-state index is 0.593. The van der Waals surface area contributed by atoms with Gasteiger partial charge in [-0.25, -0.2) is 9.97 Å². The highest BCUT2D eigenvalue weighted by Crippen LogP contribution is 2.43. The third kappa shape index (κ3) is 4.94. The molecule has 0 spiro atoms. The van der Waals surface area contributed by atoms with Crippen molar-refractivity contribution in [3.8, 4) is 39.7 Å². The summed E-state index contributed by atoms with van der Waals surface area (Å²) >= 11 is 0. The molecule has 0 amide bonds. The van der Waals surface area contributed by atoms with E-state index in [1.165, 1.54) is 32.8 Å². The van der Waals surface area contributed by atoms with Crippen LogP contribution in [0, 0.1) is 0 Å². The number of hydrogen-bond donors (Lipinski definition) is 0. The first-order chi connectivity index (χ1) is 31.8. The summed E-state index contributed by atoms with van der Waals surface area (Å²) in [5.74, 6) is 1.37. The average Bonchev–Trinajstić information content (AvgIpc) is 4.10. The van der Waals surface area contributed by atoms with E-state index in [9.17, 15) is 0 Å². The van der Waals surface area contributed by atoms with E-state index in [1.807, 2.05) is 36.7 Å². The molecule has 0 saturated carbocycles. The second-order valence-corrected chi connectivity index (χ2v) is 16.4. The quantitative estimate of drug-likeness (QED) is 0.173. The number of furan rings is 1. The molecule has 0 unspecified atom stereocenters. The van der Waals surface area contributed by atoms with Gasteiger partial charge in [0.1, 0.15) is 17.0 Å². The maximum absolute atomic E-state index is 6.42. The van der Waals surface area contributed by atoms with Gasteiger partial charge in [0.2, 0.25) is 0 Å². The van der Waals surface area contributed by atoms with E-state index in [-0.39, 0.29) is 0 Å². The predicted octanol–water partition coefficient (Wildman–Crippen LogP) is 14.4. The van der Waals surface area contributed by atoms with Crippen molar-refractivity contribution in [1.82, 2.24) is 28.7 Å². The number of benzene rings is 8. The monoisotopic (exact) mass is 818 g/mol. The summed E-state index contributed by atoms with van der Waals surface area (Å²) in [6.45, 7) is 0. The van der Waals surface area contributed by atoms with E-state index in [0.717, 1.165) is 88.5 Å². The molecular formula is C57H34N6O. The highest BCUT2D eigenvalue weighted by molar-refractivity contribution is 6.26. The summed E-state index contributed by atoms with van der Waals surface area (Å²) in [5.41, 5.74) is 13.7. The Morgan fingerprint density at radius 3 is 1.92 bits per heavy atom. The number of rotatable bonds is 5. The maximum Gasteiger partial charge on any atom is 0.165 e. The SMILES string of the molecule is c1ccc(-n2c3ccccc3c3cc(-c4cccc(-n5c6ccccc6c6c5ccc5c7ccccc7n(-c7ccnc(-c8cccc9c8oc8ccncc89)n7)c56)c4)ccc32)cc1. The molecule has 0 aliphatic carbocycles. The van der Waals surface area contributed by atoms with Gasteiger partial charge in [-0.2, -0.15) is 0 Å². The number of nitrogens with zero attached hydrogens (tertiary/aromatic N) is 6. The molecule has 0 N–H and O–H groups in total. The van der Waals surface area contributed by atoms with Crippen LogP contribution >= 0.6 is 0 Å². The Labute approximate surface area is 365 Å². The lowest BCUT2D eigenvalue weighted by atomic mass is 10.0. The number of fused-ring (bicyclic) bond motifs is 13. The molecule has 14 aromatic rings. The van der Waals surface area contributed by atoms with Crippen LogP contribution in [-0.4, -0.2) is 28.7 Å². The first-order valence-corrected chi connectivity index (χ1v) is 21.5. The van der Waals surface area contributed by atoms with Gasteiger partial charge in [-0.05, 0) is 90.0 Å². The summed E-state index contributed by atoms with van der Waals surface area (Å²) < 4.78 is 13.5. The fourth-order valence-electron chi connectivity index (χ4n) is 10.3. The Hall–Kier alpha value is -8.81. The number of pyridine rings is 1. The van der Waals surface area contributed by atoms with Gasteiger partial charge in [-0.3, -0.25) is 9.55 Å². The van der Waals surface area contributed by atoms with Gasteiger partial charge in [0, 0.05) is 73.1 Å². The summed E-state index contributed by atoms with van der Waals surface area (Å²) in [6.07, 6.45) is 5.46. The fourth-order valence-corrected chi connectivity index (χ4v) is 10.3. The molecule has 0 fully saturated rings. The fraction of sp³-hybridized carbons (Fsp3) is 0. The third-order valence-electron chi connectivity index (χ3n) is 13.0. The van der Waals surface area contributed by atoms with Crippen LogP contribution in [0.2, 0.25) is 0 Å². The van der Waals surface area contributed by atoms with Crippen LogP contribution in [0.25, 0.3) is 127 Å². The molecule has 0 aliphatic heterocycles. The van der Waals surface area contributed by atoms with Crippen LogP contribution < -0.4 is 0 Å². The molecule has 298 valence electrons. The Morgan fingerprint density at radius 2 is 1.06 bits per heavy atom. The molecule has 0 atom stereocenters. The van der Waals surface area contributed by atoms with Crippen LogP contribution in [0.3, 0.4) is 0 Å². The molecule has 0 bridgehead atoms. The Bertz CT molecular complexity index is 4210. The van der Waals surface area contributed by atoms with Gasteiger partial charge in [0.15, 0.2) is 5.82 Å². The lowest BCUT2D eigenvalue weighted by Crippen LogP contribution is -2.00. The highest BCUT2D eigenvalue weighted by Gasteiger charge is 2.23. The van der Waals surface area contributed by atoms with Gasteiger partial charge in [-0.15, -0.1) is 0 Å². The largest absolute Gasteiger partial charge is 0.455 e. The van der Waals surface area contributed by atoms with Crippen LogP contribution in [-0.2, 0) is 0 Å². The van der Waals surface area contributed by atoms with E-state index in [4.69, 9.17) is 14.4 Å². The maximum atomic E-state index is 6.42. The molecular weight excluding hydrogens is 785 g/mol. The van der Waals surface area contributed by atoms with Gasteiger partial charge >= 0.3 is 0 Å². The van der Waals surface area contributed by atoms with Crippen molar-refractivity contribution >= 4 is 87.4 Å². The predicted molar refractivity (Wildman–Crippen MR) is 261 cm³/mol. The first kappa shape index (κ1) is 34.9. The second kappa shape index (κ2) is 13.3. The van der Waals surface area contributed by atoms with Crippen molar-refractivity contribution in [3.63, 3.8) is 0 Å². The molecule has 64 heavy (non-hydrogen) atoms. The van der Waals surface area contributed by atoms with Gasteiger partial charge in [-0.1, -0.05) is 109 Å². The Kier molecular flexibility index (Phi) is 7.27. The Balaban J connectivity index is 0.973. The van der Waals surface area contributed by atoms with Crippen LogP contribution in [0.5, 0.6) is 0 Å². The molecule has 6 aromatic heterocycles. The van der Waals surface area contributed by atoms with Crippen LogP contribution in [0.4, 0.5) is 0 Å². The van der Waals surface area contributed by atoms with E-state index >= 15 is 0 Å². The van der Waals surface area contributed by atoms with E-state index in [0.29, 0.717) is 5.82 Å². The summed E-state index contributed by atoms with van der Waals surface area (Å²) in [5, 5.41) is 9.08. The zero-order chi connectivity index (χ0) is 41.9. The molecule has 0 saturated heterocycles. The van der Waals surface area contributed by atoms with Crippen molar-refractivity contribution in [2.24, 2.45) is 0 Å². The molecule has 8 aromatic carbocycles. The molecule has 14 rings (SSSR count). The zero-order valence-electron chi connectivity index (χ0n) is 34.2. The number of aromatic nitrogens is 6. The highest BCUT2D eigenvalue weighted by atomic mass is 16.3. The standard InChI is InChI=1S/C57H34N6O/c1-2-13-37(14-3-1)61-47-21-7-5-17-40(47)45-33-36(24-26-50(45)61)35-12-10-15-38(32-35)62-49-23-9-6-18-43(49)54-51(62)27-25-41-39-16-4-8-22-48(39)63(55(41)54)53-29-31-59-57(60-53)44-20-11-19-42-46-34-58-30-28-52(46)64-56(42)44/h1-34H. The summed E-state index contributed by atoms with van der Waals surface area (Å²) in [4.78, 5) is 14.5. The summed E-state index contributed by atoms with van der Waals surface area (Å²) in [7, 11) is 0. The summed E-state index contributed by atoms with van der Waals surface area (Å²) in [6, 6.07) is 67.1. The Morgan fingerprint density at radius 1 is 0.406 bits per heavy atom. The van der Waals surface area contributed by atoms with Gasteiger partial charge < -0.3 is 13.6 Å². The zero-order valence-corrected chi connectivity index (χ0v) is 34.2. The molecule has 0 aliphatic rings. The number of para-hydroxylation sites is 5. The van der Waals surface area contributed by atoms with Gasteiger partial charge in [0.05, 0.1) is 38.7 Å². The van der Waals surface area contributed by atoms with Crippen molar-refractivity contribution in [2.75, 3.05) is 0 Å². The lowest BCUT2D eigenvalue weighted by Gasteiger charge is -2.12. The second-order valence-electron chi connectivity index (χ2n) is 16.4. The van der Waals surface area contributed by atoms with Crippen molar-refractivity contribution in [2.45, 2.75) is 0 Å². The minimum Gasteiger partial charge on any atom is -0.455 e. The van der Waals surface area contributed by atoms with Crippen LogP contribution in [0.15, 0.2) is 211 Å². The van der Waals surface area contributed by atoms with Crippen molar-refractivity contribution < 1.29 is 4.42 Å². The molecule has 7 heteroatoms. The van der Waals surface area contributed by atoms with Gasteiger partial charge in [0.25, 0.3) is 0 Å². The van der Waals surface area contributed by atoms with E-state index in [1.54, 1.807) is 6.20 Å². The smallest absolute Gasteiger partial charge is 0.165 e. The molecule has 6 heterocycles. The average molecular weight is 819 g/mol. The molecule has 7 nitrogen and oxygen atoms in total. The topological polar surface area (TPSA) is 66.6 Å². The third-order valence-corrected chi connectivity index (χ3v) is 13.0. The van der Waals surface area contributed by atoms with E-state index < -0.39 is 0 Å². The van der Waals surface area contributed by atoms with Crippen molar-refractivity contribution in [1.29, 1.82) is 0 Å². The van der Waals surface area contributed by atoms with Crippen molar-refractivity contribution in [3.05, 3.63) is 207 Å². The van der Waals surface area contributed by atoms with Crippen LogP contribution in [0.1, 0.15) is 0 Å². The molecule has 0 radical (unpaired) electrons. The number of hydrogen-bond acceptors (Lipinski definition) is 4. The van der Waals surface area contributed by atoms with E-state index in [2.05, 4.69) is 182 Å².